The third-order valence-corrected chi connectivity index (χ3v) is 8.15. The number of carbonyl (C=O) groups is 2. The molecule has 0 radical (unpaired) electrons. The number of hydrogen-bond donors (Lipinski definition) is 1. The highest BCUT2D eigenvalue weighted by Crippen LogP contribution is 2.43. The Bertz CT molecular complexity index is 922. The van der Waals surface area contributed by atoms with E-state index in [0.717, 1.165) is 29.7 Å². The van der Waals surface area contributed by atoms with Crippen LogP contribution in [0.15, 0.2) is 23.2 Å². The van der Waals surface area contributed by atoms with Crippen LogP contribution in [0.3, 0.4) is 0 Å². The maximum Gasteiger partial charge on any atom is 0.329 e. The van der Waals surface area contributed by atoms with E-state index >= 15 is 0 Å². The van der Waals surface area contributed by atoms with Crippen molar-refractivity contribution in [1.29, 1.82) is 0 Å². The summed E-state index contributed by atoms with van der Waals surface area (Å²) < 4.78 is 29.3. The van der Waals surface area contributed by atoms with E-state index in [1.807, 2.05) is 36.9 Å². The number of carboxylic acid groups (broad SMARTS) is 1. The molecule has 2 atom stereocenters. The van der Waals surface area contributed by atoms with E-state index < -0.39 is 34.9 Å². The van der Waals surface area contributed by atoms with E-state index in [0.29, 0.717) is 5.17 Å². The molecule has 0 aliphatic carbocycles. The van der Waals surface area contributed by atoms with Crippen molar-refractivity contribution >= 4 is 44.3 Å². The summed E-state index contributed by atoms with van der Waals surface area (Å²) in [4.78, 5) is 28.9. The van der Waals surface area contributed by atoms with E-state index in [2.05, 4.69) is 4.99 Å². The fourth-order valence-corrected chi connectivity index (χ4v) is 7.63. The number of aliphatic imine (C=N–C) groups is 1. The zero-order valence-corrected chi connectivity index (χ0v) is 18.0. The molecular weight excluding hydrogens is 416 g/mol. The fraction of sp³-hybridized carbons (Fsp3) is 0.526. The summed E-state index contributed by atoms with van der Waals surface area (Å²) in [6.45, 7) is 3.06. The standard InChI is InChI=1S/C19H24N2O6S2/c1-3-12-6-5-7-13(4-2)18(12)21-14-10-29(25,26)11-15(14)28-19(21)20-16(22)8-27-9-17(23)24/h5-7,14-15H,3-4,8-11H2,1-2H3,(H,23,24)/t14-,15+/m1/s1. The summed E-state index contributed by atoms with van der Waals surface area (Å²) in [5, 5.41) is 8.89. The number of thioether (sulfide) groups is 1. The summed E-state index contributed by atoms with van der Waals surface area (Å²) in [5.41, 5.74) is 3.06. The Morgan fingerprint density at radius 3 is 2.45 bits per heavy atom. The summed E-state index contributed by atoms with van der Waals surface area (Å²) in [7, 11) is -3.15. The Labute approximate surface area is 174 Å². The molecule has 2 heterocycles. The van der Waals surface area contributed by atoms with Crippen LogP contribution >= 0.6 is 11.8 Å². The number of nitrogens with zero attached hydrogens (tertiary/aromatic N) is 2. The Morgan fingerprint density at radius 1 is 1.21 bits per heavy atom. The molecule has 1 aromatic rings. The second-order valence-corrected chi connectivity index (χ2v) is 10.3. The van der Waals surface area contributed by atoms with Gasteiger partial charge in [0.15, 0.2) is 15.0 Å². The normalized spacial score (nSPS) is 24.1. The Morgan fingerprint density at radius 2 is 1.86 bits per heavy atom. The van der Waals surface area contributed by atoms with Gasteiger partial charge in [-0.1, -0.05) is 43.8 Å². The lowest BCUT2D eigenvalue weighted by molar-refractivity contribution is -0.143. The molecule has 0 saturated carbocycles. The maximum absolute atomic E-state index is 12.2. The largest absolute Gasteiger partial charge is 0.480 e. The van der Waals surface area contributed by atoms with Gasteiger partial charge in [-0.2, -0.15) is 4.99 Å². The minimum Gasteiger partial charge on any atom is -0.480 e. The van der Waals surface area contributed by atoms with Crippen LogP contribution in [-0.4, -0.2) is 66.6 Å². The fourth-order valence-electron chi connectivity index (χ4n) is 3.72. The first-order valence-electron chi connectivity index (χ1n) is 9.43. The number of amidine groups is 1. The minimum absolute atomic E-state index is 0.0224. The number of ether oxygens (including phenoxy) is 1. The molecule has 1 N–H and O–H groups in total. The van der Waals surface area contributed by atoms with Crippen molar-refractivity contribution in [1.82, 2.24) is 0 Å². The number of aryl methyl sites for hydroxylation is 2. The number of para-hydroxylation sites is 1. The molecule has 1 aromatic carbocycles. The van der Waals surface area contributed by atoms with E-state index in [1.54, 1.807) is 0 Å². The molecule has 0 unspecified atom stereocenters. The van der Waals surface area contributed by atoms with Gasteiger partial charge in [0.1, 0.15) is 13.2 Å². The van der Waals surface area contributed by atoms with Gasteiger partial charge in [-0.15, -0.1) is 0 Å². The van der Waals surface area contributed by atoms with Crippen LogP contribution in [-0.2, 0) is 37.0 Å². The molecular formula is C19H24N2O6S2. The van der Waals surface area contributed by atoms with Crippen LogP contribution in [0.2, 0.25) is 0 Å². The highest BCUT2D eigenvalue weighted by atomic mass is 32.2. The zero-order chi connectivity index (χ0) is 21.2. The van der Waals surface area contributed by atoms with Gasteiger partial charge in [-0.05, 0) is 24.0 Å². The predicted molar refractivity (Wildman–Crippen MR) is 112 cm³/mol. The number of carboxylic acids is 1. The summed E-state index contributed by atoms with van der Waals surface area (Å²) in [5.74, 6) is -1.67. The van der Waals surface area contributed by atoms with Gasteiger partial charge in [0.25, 0.3) is 5.91 Å². The molecule has 10 heteroatoms. The van der Waals surface area contributed by atoms with Crippen molar-refractivity contribution in [2.24, 2.45) is 4.99 Å². The topological polar surface area (TPSA) is 113 Å². The number of carbonyl (C=O) groups excluding carboxylic acids is 1. The number of sulfone groups is 1. The molecule has 158 valence electrons. The van der Waals surface area contributed by atoms with Gasteiger partial charge in [-0.25, -0.2) is 13.2 Å². The van der Waals surface area contributed by atoms with Gasteiger partial charge in [-0.3, -0.25) is 4.79 Å². The first-order valence-corrected chi connectivity index (χ1v) is 12.1. The molecule has 2 aliphatic rings. The lowest BCUT2D eigenvalue weighted by atomic mass is 10.0. The van der Waals surface area contributed by atoms with Gasteiger partial charge >= 0.3 is 5.97 Å². The van der Waals surface area contributed by atoms with Crippen LogP contribution in [0.4, 0.5) is 5.69 Å². The van der Waals surface area contributed by atoms with Crippen molar-refractivity contribution in [3.8, 4) is 0 Å². The first kappa shape index (κ1) is 21.8. The quantitative estimate of drug-likeness (QED) is 0.679. The van der Waals surface area contributed by atoms with Crippen molar-refractivity contribution in [2.45, 2.75) is 38.0 Å². The van der Waals surface area contributed by atoms with Crippen LogP contribution in [0.25, 0.3) is 0 Å². The molecule has 3 rings (SSSR count). The van der Waals surface area contributed by atoms with E-state index in [-0.39, 0.29) is 22.8 Å². The molecule has 0 bridgehead atoms. The number of aliphatic carboxylic acids is 1. The van der Waals surface area contributed by atoms with E-state index in [1.165, 1.54) is 11.8 Å². The number of amides is 1. The maximum atomic E-state index is 12.2. The molecule has 29 heavy (non-hydrogen) atoms. The number of benzene rings is 1. The van der Waals surface area contributed by atoms with Gasteiger partial charge < -0.3 is 14.7 Å². The summed E-state index contributed by atoms with van der Waals surface area (Å²) in [6.07, 6.45) is 1.52. The average molecular weight is 441 g/mol. The molecule has 1 amide bonds. The smallest absolute Gasteiger partial charge is 0.329 e. The van der Waals surface area contributed by atoms with Crippen LogP contribution in [0, 0.1) is 0 Å². The van der Waals surface area contributed by atoms with Crippen LogP contribution in [0.1, 0.15) is 25.0 Å². The van der Waals surface area contributed by atoms with Crippen LogP contribution < -0.4 is 4.90 Å². The highest BCUT2D eigenvalue weighted by molar-refractivity contribution is 8.16. The number of hydrogen-bond acceptors (Lipinski definition) is 6. The number of rotatable bonds is 7. The first-order chi connectivity index (χ1) is 13.8. The average Bonchev–Trinajstić information content (AvgIpc) is 3.11. The molecule has 2 aliphatic heterocycles. The Balaban J connectivity index is 1.98. The molecule has 0 aromatic heterocycles. The van der Waals surface area contributed by atoms with Crippen molar-refractivity contribution in [2.75, 3.05) is 29.6 Å². The Hall–Kier alpha value is -1.91. The Kier molecular flexibility index (Phi) is 6.65. The number of anilines is 1. The van der Waals surface area contributed by atoms with E-state index in [4.69, 9.17) is 9.84 Å². The summed E-state index contributed by atoms with van der Waals surface area (Å²) >= 11 is 1.30. The summed E-state index contributed by atoms with van der Waals surface area (Å²) in [6, 6.07) is 5.71. The van der Waals surface area contributed by atoms with Crippen molar-refractivity contribution in [3.63, 3.8) is 0 Å². The van der Waals surface area contributed by atoms with Crippen molar-refractivity contribution < 1.29 is 27.9 Å². The van der Waals surface area contributed by atoms with Crippen molar-refractivity contribution in [3.05, 3.63) is 29.3 Å². The van der Waals surface area contributed by atoms with Crippen LogP contribution in [0.5, 0.6) is 0 Å². The lowest BCUT2D eigenvalue weighted by Gasteiger charge is -2.29. The predicted octanol–water partition coefficient (Wildman–Crippen LogP) is 1.51. The third kappa shape index (κ3) is 4.81. The van der Waals surface area contributed by atoms with Gasteiger partial charge in [0.2, 0.25) is 0 Å². The van der Waals surface area contributed by atoms with Gasteiger partial charge in [0.05, 0.1) is 17.5 Å². The molecule has 2 fully saturated rings. The molecule has 0 spiro atoms. The second kappa shape index (κ2) is 8.85. The molecule has 2 saturated heterocycles. The zero-order valence-electron chi connectivity index (χ0n) is 16.3. The van der Waals surface area contributed by atoms with Gasteiger partial charge in [0, 0.05) is 10.9 Å². The monoisotopic (exact) mass is 440 g/mol. The SMILES string of the molecule is CCc1cccc(CC)c1N1C(=NC(=O)COCC(=O)O)S[C@H]2CS(=O)(=O)C[C@H]21. The molecule has 8 nitrogen and oxygen atoms in total. The number of fused-ring (bicyclic) bond motifs is 1. The van der Waals surface area contributed by atoms with E-state index in [9.17, 15) is 18.0 Å². The second-order valence-electron chi connectivity index (χ2n) is 6.98. The minimum atomic E-state index is -3.15. The highest BCUT2D eigenvalue weighted by Gasteiger charge is 2.50. The third-order valence-electron chi connectivity index (χ3n) is 4.94. The lowest BCUT2D eigenvalue weighted by Crippen LogP contribution is -2.39.